The van der Waals surface area contributed by atoms with Gasteiger partial charge in [0.05, 0.1) is 62.9 Å². The van der Waals surface area contributed by atoms with Gasteiger partial charge in [0.15, 0.2) is 0 Å². The number of para-hydroxylation sites is 4. The maximum atomic E-state index is 5.61. The standard InChI is InChI=1S/C58H36N4S2Si/c1-3-17-37(18-4-1)65(38-19-5-2-6-20-38,57-55-45(33-35-59-57)43-25-15-31-51(53(43)63-55)61-47-27-11-7-21-39(47)40-22-8-12-28-48(40)61)58-56-46(34-36-60-58)44-26-16-32-52(54(44)64-56)62-49-29-13-9-23-41(49)42-24-10-14-30-50(42)62/h1-36H. The maximum absolute atomic E-state index is 5.61. The van der Waals surface area contributed by atoms with Gasteiger partial charge in [0.2, 0.25) is 8.07 Å². The van der Waals surface area contributed by atoms with Crippen molar-refractivity contribution < 1.29 is 0 Å². The number of thiophene rings is 2. The Morgan fingerprint density at radius 3 is 1.00 bits per heavy atom. The fraction of sp³-hybridized carbons (Fsp3) is 0. The Morgan fingerprint density at radius 1 is 0.292 bits per heavy atom. The van der Waals surface area contributed by atoms with E-state index in [-0.39, 0.29) is 0 Å². The molecule has 4 nitrogen and oxygen atoms in total. The largest absolute Gasteiger partial charge is 0.308 e. The molecular formula is C58H36N4S2Si. The van der Waals surface area contributed by atoms with E-state index in [0.717, 1.165) is 10.6 Å². The summed E-state index contributed by atoms with van der Waals surface area (Å²) < 4.78 is 9.83. The Kier molecular flexibility index (Phi) is 8.01. The first-order chi connectivity index (χ1) is 32.3. The van der Waals surface area contributed by atoms with Gasteiger partial charge in [-0.2, -0.15) is 0 Å². The number of hydrogen-bond acceptors (Lipinski definition) is 4. The molecule has 0 fully saturated rings. The van der Waals surface area contributed by atoms with Crippen LogP contribution in [0.5, 0.6) is 0 Å². The molecule has 0 radical (unpaired) electrons. The summed E-state index contributed by atoms with van der Waals surface area (Å²) in [5.74, 6) is 0. The second-order valence-corrected chi connectivity index (χ2v) is 22.4. The van der Waals surface area contributed by atoms with Crippen molar-refractivity contribution in [1.29, 1.82) is 0 Å². The van der Waals surface area contributed by atoms with Crippen LogP contribution in [0, 0.1) is 0 Å². The van der Waals surface area contributed by atoms with Gasteiger partial charge < -0.3 is 9.13 Å². The molecule has 0 saturated heterocycles. The average molecular weight is 881 g/mol. The van der Waals surface area contributed by atoms with E-state index >= 15 is 0 Å². The van der Waals surface area contributed by atoms with E-state index in [9.17, 15) is 0 Å². The monoisotopic (exact) mass is 880 g/mol. The molecule has 0 amide bonds. The highest BCUT2D eigenvalue weighted by atomic mass is 32.1. The second-order valence-electron chi connectivity index (χ2n) is 16.8. The second kappa shape index (κ2) is 14.2. The Labute approximate surface area is 382 Å². The minimum absolute atomic E-state index is 1.11. The van der Waals surface area contributed by atoms with Gasteiger partial charge in [-0.1, -0.05) is 158 Å². The molecule has 65 heavy (non-hydrogen) atoms. The summed E-state index contributed by atoms with van der Waals surface area (Å²) in [6, 6.07) is 75.6. The first-order valence-corrected chi connectivity index (χ1v) is 25.6. The lowest BCUT2D eigenvalue weighted by atomic mass is 10.1. The predicted molar refractivity (Wildman–Crippen MR) is 280 cm³/mol. The molecule has 14 aromatic rings. The number of rotatable bonds is 6. The highest BCUT2D eigenvalue weighted by Crippen LogP contribution is 2.43. The van der Waals surface area contributed by atoms with Crippen molar-refractivity contribution in [3.8, 4) is 11.4 Å². The van der Waals surface area contributed by atoms with Crippen LogP contribution in [-0.2, 0) is 0 Å². The Hall–Kier alpha value is -7.68. The molecule has 0 unspecified atom stereocenters. The smallest absolute Gasteiger partial charge is 0.227 e. The van der Waals surface area contributed by atoms with Gasteiger partial charge in [-0.05, 0) is 58.9 Å². The lowest BCUT2D eigenvalue weighted by Crippen LogP contribution is -2.76. The first-order valence-electron chi connectivity index (χ1n) is 22.0. The van der Waals surface area contributed by atoms with Crippen LogP contribution >= 0.6 is 22.7 Å². The van der Waals surface area contributed by atoms with Crippen LogP contribution in [0.1, 0.15) is 0 Å². The molecular weight excluding hydrogens is 845 g/mol. The molecule has 0 aliphatic carbocycles. The van der Waals surface area contributed by atoms with E-state index in [1.807, 2.05) is 22.7 Å². The normalized spacial score (nSPS) is 12.3. The molecule has 0 N–H and O–H groups in total. The summed E-state index contributed by atoms with van der Waals surface area (Å²) in [7, 11) is -3.31. The number of benzene rings is 8. The summed E-state index contributed by atoms with van der Waals surface area (Å²) in [4.78, 5) is 11.2. The molecule has 6 aromatic heterocycles. The van der Waals surface area contributed by atoms with Crippen LogP contribution in [0.4, 0.5) is 0 Å². The van der Waals surface area contributed by atoms with Gasteiger partial charge in [0, 0.05) is 55.5 Å². The van der Waals surface area contributed by atoms with Gasteiger partial charge in [0.25, 0.3) is 0 Å². The zero-order valence-corrected chi connectivity index (χ0v) is 37.5. The third-order valence-electron chi connectivity index (χ3n) is 13.6. The minimum atomic E-state index is -3.31. The third kappa shape index (κ3) is 5.11. The van der Waals surface area contributed by atoms with Gasteiger partial charge in [-0.15, -0.1) is 22.7 Å². The van der Waals surface area contributed by atoms with Crippen molar-refractivity contribution in [3.05, 3.63) is 219 Å². The van der Waals surface area contributed by atoms with Gasteiger partial charge >= 0.3 is 0 Å². The summed E-state index contributed by atoms with van der Waals surface area (Å²) >= 11 is 3.76. The van der Waals surface area contributed by atoms with Crippen molar-refractivity contribution in [2.24, 2.45) is 0 Å². The van der Waals surface area contributed by atoms with Crippen molar-refractivity contribution in [3.63, 3.8) is 0 Å². The fourth-order valence-corrected chi connectivity index (χ4v) is 19.0. The van der Waals surface area contributed by atoms with Crippen LogP contribution in [0.25, 0.3) is 95.3 Å². The van der Waals surface area contributed by atoms with E-state index < -0.39 is 8.07 Å². The number of nitrogens with zero attached hydrogens (tertiary/aromatic N) is 4. The van der Waals surface area contributed by atoms with E-state index in [1.54, 1.807) is 0 Å². The summed E-state index contributed by atoms with van der Waals surface area (Å²) in [5, 5.41) is 14.7. The van der Waals surface area contributed by atoms with E-state index in [0.29, 0.717) is 0 Å². The predicted octanol–water partition coefficient (Wildman–Crippen LogP) is 12.8. The Morgan fingerprint density at radius 2 is 0.615 bits per heavy atom. The summed E-state index contributed by atoms with van der Waals surface area (Å²) in [5.41, 5.74) is 7.18. The first kappa shape index (κ1) is 36.8. The van der Waals surface area contributed by atoms with Crippen molar-refractivity contribution in [1.82, 2.24) is 19.1 Å². The molecule has 7 heteroatoms. The molecule has 0 bridgehead atoms. The van der Waals surface area contributed by atoms with Crippen molar-refractivity contribution in [2.45, 2.75) is 0 Å². The highest BCUT2D eigenvalue weighted by Gasteiger charge is 2.47. The zero-order chi connectivity index (χ0) is 42.6. The van der Waals surface area contributed by atoms with E-state index in [4.69, 9.17) is 9.97 Å². The molecule has 304 valence electrons. The highest BCUT2D eigenvalue weighted by molar-refractivity contribution is 7.33. The molecule has 0 spiro atoms. The molecule has 0 atom stereocenters. The summed E-state index contributed by atoms with van der Waals surface area (Å²) in [6.07, 6.45) is 4.10. The SMILES string of the molecule is c1ccc([Si](c2ccccc2)(c2nccc3c2sc2c(-n4c5ccccc5c5ccccc54)cccc23)c2nccc3c2sc2c(-n4c5ccccc5c5ccccc54)cccc23)cc1. The lowest BCUT2D eigenvalue weighted by Gasteiger charge is -2.32. The third-order valence-corrected chi connectivity index (χ3v) is 21.0. The fourth-order valence-electron chi connectivity index (χ4n) is 10.9. The summed E-state index contributed by atoms with van der Waals surface area (Å²) in [6.45, 7) is 0. The van der Waals surface area contributed by atoms with E-state index in [2.05, 4.69) is 228 Å². The van der Waals surface area contributed by atoms with E-state index in [1.165, 1.54) is 106 Å². The van der Waals surface area contributed by atoms with Gasteiger partial charge in [-0.3, -0.25) is 9.97 Å². The van der Waals surface area contributed by atoms with Crippen LogP contribution in [0.15, 0.2) is 219 Å². The molecule has 0 aliphatic rings. The van der Waals surface area contributed by atoms with Gasteiger partial charge in [-0.25, -0.2) is 0 Å². The number of pyridine rings is 2. The van der Waals surface area contributed by atoms with Crippen molar-refractivity contribution in [2.75, 3.05) is 0 Å². The topological polar surface area (TPSA) is 35.6 Å². The zero-order valence-electron chi connectivity index (χ0n) is 34.9. The Balaban J connectivity index is 1.10. The molecule has 0 aliphatic heterocycles. The van der Waals surface area contributed by atoms with Crippen LogP contribution in [0.2, 0.25) is 0 Å². The minimum Gasteiger partial charge on any atom is -0.308 e. The number of aromatic nitrogens is 4. The lowest BCUT2D eigenvalue weighted by molar-refractivity contribution is 1.20. The van der Waals surface area contributed by atoms with Gasteiger partial charge in [0.1, 0.15) is 0 Å². The quantitative estimate of drug-likeness (QED) is 0.156. The van der Waals surface area contributed by atoms with Crippen LogP contribution < -0.4 is 21.0 Å². The molecule has 0 saturated carbocycles. The number of hydrogen-bond donors (Lipinski definition) is 0. The maximum Gasteiger partial charge on any atom is 0.227 e. The molecule has 8 aromatic carbocycles. The average Bonchev–Trinajstić information content (AvgIpc) is 4.14. The Bertz CT molecular complexity index is 3820. The molecule has 14 rings (SSSR count). The van der Waals surface area contributed by atoms with Crippen LogP contribution in [0.3, 0.4) is 0 Å². The number of fused-ring (bicyclic) bond motifs is 12. The molecule has 6 heterocycles. The van der Waals surface area contributed by atoms with Crippen LogP contribution in [-0.4, -0.2) is 27.2 Å². The van der Waals surface area contributed by atoms with Crippen molar-refractivity contribution >= 4 is 136 Å².